The number of nitrogens with zero attached hydrogens (tertiary/aromatic N) is 1. The van der Waals surface area contributed by atoms with E-state index in [1.54, 1.807) is 26.0 Å². The van der Waals surface area contributed by atoms with Gasteiger partial charge in [-0.25, -0.2) is 14.4 Å². The van der Waals surface area contributed by atoms with Crippen molar-refractivity contribution in [2.45, 2.75) is 136 Å². The first kappa shape index (κ1) is 68.2. The molecule has 0 radical (unpaired) electrons. The highest BCUT2D eigenvalue weighted by atomic mass is 35.5. The largest absolute Gasteiger partial charge is 0.453 e. The molecule has 0 aliphatic heterocycles. The van der Waals surface area contributed by atoms with Crippen LogP contribution in [-0.4, -0.2) is 101 Å². The summed E-state index contributed by atoms with van der Waals surface area (Å²) >= 11 is 0. The lowest BCUT2D eigenvalue weighted by molar-refractivity contribution is -0.154. The summed E-state index contributed by atoms with van der Waals surface area (Å²) in [6, 6.07) is 18.1. The number of para-hydroxylation sites is 3. The van der Waals surface area contributed by atoms with Crippen molar-refractivity contribution >= 4 is 73.0 Å². The Balaban J connectivity index is 0.000000552. The van der Waals surface area contributed by atoms with Crippen LogP contribution in [0.4, 0.5) is 0 Å². The minimum absolute atomic E-state index is 0. The van der Waals surface area contributed by atoms with E-state index in [4.69, 9.17) is 34.2 Å². The molecule has 0 aromatic heterocycles. The van der Waals surface area contributed by atoms with Gasteiger partial charge in [0.2, 0.25) is 0 Å². The number of nitrogens with two attached hydrogens (primary N) is 1. The Labute approximate surface area is 464 Å². The monoisotopic (exact) mass is 1110 g/mol. The topological polar surface area (TPSA) is 199 Å². The Bertz CT molecular complexity index is 2310. The van der Waals surface area contributed by atoms with Crippen LogP contribution in [0.3, 0.4) is 0 Å². The van der Waals surface area contributed by atoms with Gasteiger partial charge in [0.05, 0.1) is 19.6 Å². The van der Waals surface area contributed by atoms with Crippen molar-refractivity contribution in [3.05, 3.63) is 88.0 Å². The molecule has 3 N–H and O–H groups in total. The number of nitrogens with one attached hydrogen (secondary N) is 1. The van der Waals surface area contributed by atoms with E-state index in [-0.39, 0.29) is 87.8 Å². The lowest BCUT2D eigenvalue weighted by Gasteiger charge is -2.20. The van der Waals surface area contributed by atoms with E-state index in [1.807, 2.05) is 54.6 Å². The number of carbonyl (C=O) groups is 6. The van der Waals surface area contributed by atoms with Gasteiger partial charge in [0.15, 0.2) is 19.8 Å². The molecule has 420 valence electrons. The molecule has 3 aromatic rings. The van der Waals surface area contributed by atoms with Crippen molar-refractivity contribution in [1.82, 2.24) is 10.2 Å². The van der Waals surface area contributed by atoms with E-state index in [0.29, 0.717) is 52.8 Å². The summed E-state index contributed by atoms with van der Waals surface area (Å²) in [5.41, 5.74) is 11.4. The van der Waals surface area contributed by atoms with Gasteiger partial charge in [0, 0.05) is 0 Å². The van der Waals surface area contributed by atoms with Crippen molar-refractivity contribution in [2.75, 3.05) is 60.6 Å². The lowest BCUT2D eigenvalue weighted by atomic mass is 9.90. The summed E-state index contributed by atoms with van der Waals surface area (Å²) in [6.45, 7) is 17.8. The summed E-state index contributed by atoms with van der Waals surface area (Å²) in [6.07, 6.45) is 7.33. The fourth-order valence-electron chi connectivity index (χ4n) is 8.47. The van der Waals surface area contributed by atoms with E-state index in [9.17, 15) is 28.8 Å². The molecule has 3 aliphatic carbocycles. The molecule has 6 rings (SSSR count). The highest BCUT2D eigenvalue weighted by Gasteiger charge is 2.34. The maximum Gasteiger partial charge on any atom is 0.349 e. The molecule has 3 atom stereocenters. The van der Waals surface area contributed by atoms with Crippen molar-refractivity contribution in [2.24, 2.45) is 23.5 Å². The lowest BCUT2D eigenvalue weighted by Crippen LogP contribution is -2.27. The molecule has 0 amide bonds. The highest BCUT2D eigenvalue weighted by molar-refractivity contribution is 5.86. The van der Waals surface area contributed by atoms with Crippen LogP contribution in [0.5, 0.6) is 17.2 Å². The maximum atomic E-state index is 12.2. The molecule has 0 heterocycles. The summed E-state index contributed by atoms with van der Waals surface area (Å²) in [5, 5.41) is 2.68. The quantitative estimate of drug-likeness (QED) is 0.0516. The minimum Gasteiger partial charge on any atom is -0.453 e. The normalized spacial score (nSPS) is 14.7. The van der Waals surface area contributed by atoms with Crippen LogP contribution in [-0.2, 0) is 43.0 Å². The summed E-state index contributed by atoms with van der Waals surface area (Å²) in [4.78, 5) is 72.1. The summed E-state index contributed by atoms with van der Waals surface area (Å²) in [7, 11) is 5.18. The van der Waals surface area contributed by atoms with Crippen LogP contribution in [0.15, 0.2) is 54.6 Å². The first-order valence-corrected chi connectivity index (χ1v) is 25.6. The third-order valence-electron chi connectivity index (χ3n) is 13.2. The van der Waals surface area contributed by atoms with E-state index >= 15 is 0 Å². The van der Waals surface area contributed by atoms with Crippen molar-refractivity contribution in [1.29, 1.82) is 0 Å². The number of hydrogen-bond donors (Lipinski definition) is 2. The van der Waals surface area contributed by atoms with Crippen LogP contribution >= 0.6 is 37.2 Å². The van der Waals surface area contributed by atoms with Gasteiger partial charge < -0.3 is 39.5 Å². The third-order valence-corrected chi connectivity index (χ3v) is 13.2. The molecule has 0 bridgehead atoms. The van der Waals surface area contributed by atoms with Crippen molar-refractivity contribution < 1.29 is 57.2 Å². The molecule has 75 heavy (non-hydrogen) atoms. The standard InChI is InChI=1S/C20H29NO4.C19H27NO4.C18H25NO4.3ClH/c1-13(2)16-7-6-8-17(14(3)15-9-10-15)20(16)25-19(23)12-24-18(22)11-21(4)5;1-12(2)15-6-5-7-16(13(3)14-8-9-14)19(15)24-18(22)11-23-17(21)10-20-4;1-11(2)14-5-4-6-15(12(3)13-7-8-13)18(14)23-17(21)10-22-16(20)9-19;;;/h6-8,13-15H,9-12H2,1-5H3;5-7,12-14,20H,8-11H2,1-4H3;4-6,11-13H,7-10,19H2,1-3H3;3*1H/t14-;13-;12-;;;/m000.../s1. The van der Waals surface area contributed by atoms with E-state index in [2.05, 4.69) is 67.6 Å². The van der Waals surface area contributed by atoms with Crippen LogP contribution in [0.1, 0.15) is 170 Å². The van der Waals surface area contributed by atoms with Crippen molar-refractivity contribution in [3.8, 4) is 17.2 Å². The van der Waals surface area contributed by atoms with E-state index < -0.39 is 42.4 Å². The van der Waals surface area contributed by atoms with Gasteiger partial charge in [-0.05, 0) is 146 Å². The number of likely N-dealkylation sites (N-methyl/N-ethyl adjacent to an activating group) is 2. The molecular weight excluding hydrogens is 1020 g/mol. The number of benzene rings is 3. The number of hydrogen-bond acceptors (Lipinski definition) is 15. The van der Waals surface area contributed by atoms with Gasteiger partial charge in [-0.15, -0.1) is 37.2 Å². The smallest absolute Gasteiger partial charge is 0.349 e. The second kappa shape index (κ2) is 33.4. The van der Waals surface area contributed by atoms with Gasteiger partial charge in [-0.3, -0.25) is 19.3 Å². The van der Waals surface area contributed by atoms with Gasteiger partial charge in [0.25, 0.3) is 0 Å². The second-order valence-corrected chi connectivity index (χ2v) is 20.5. The zero-order valence-electron chi connectivity index (χ0n) is 46.0. The average molecular weight is 1110 g/mol. The minimum atomic E-state index is -0.620. The zero-order valence-corrected chi connectivity index (χ0v) is 48.5. The van der Waals surface area contributed by atoms with Gasteiger partial charge in [0.1, 0.15) is 17.2 Å². The van der Waals surface area contributed by atoms with Gasteiger partial charge >= 0.3 is 35.8 Å². The van der Waals surface area contributed by atoms with Gasteiger partial charge in [-0.2, -0.15) is 0 Å². The molecule has 3 saturated carbocycles. The Morgan fingerprint density at radius 3 is 1.01 bits per heavy atom. The summed E-state index contributed by atoms with van der Waals surface area (Å²) < 4.78 is 31.5. The molecule has 0 unspecified atom stereocenters. The molecular formula is C57H84Cl3N3O12. The first-order chi connectivity index (χ1) is 34.2. The van der Waals surface area contributed by atoms with Crippen molar-refractivity contribution in [3.63, 3.8) is 0 Å². The fourth-order valence-corrected chi connectivity index (χ4v) is 8.47. The summed E-state index contributed by atoms with van der Waals surface area (Å²) in [5.74, 6) is 2.48. The van der Waals surface area contributed by atoms with Crippen LogP contribution < -0.4 is 25.3 Å². The predicted molar refractivity (Wildman–Crippen MR) is 298 cm³/mol. The molecule has 15 nitrogen and oxygen atoms in total. The average Bonchev–Trinajstić information content (AvgIpc) is 4.16. The predicted octanol–water partition coefficient (Wildman–Crippen LogP) is 10.3. The Morgan fingerprint density at radius 1 is 0.480 bits per heavy atom. The molecule has 3 aromatic carbocycles. The SMILES string of the molecule is CC(C)c1cccc([C@@H](C)C2CC2)c1OC(=O)COC(=O)CN.CC(C)c1cccc([C@@H](C)C2CC2)c1OC(=O)COC(=O)CN(C)C.CNCC(=O)OCC(=O)Oc1c(C(C)C)cccc1[C@@H](C)C1CC1.Cl.Cl.Cl. The number of ether oxygens (including phenoxy) is 6. The Morgan fingerprint density at radius 2 is 0.760 bits per heavy atom. The van der Waals surface area contributed by atoms with Crippen LogP contribution in [0.25, 0.3) is 0 Å². The van der Waals surface area contributed by atoms with Crippen LogP contribution in [0, 0.1) is 17.8 Å². The van der Waals surface area contributed by atoms with Gasteiger partial charge in [-0.1, -0.05) is 117 Å². The molecule has 3 aliphatic rings. The Hall–Kier alpha value is -4.77. The number of rotatable bonds is 23. The zero-order chi connectivity index (χ0) is 53.2. The van der Waals surface area contributed by atoms with E-state index in [0.717, 1.165) is 33.4 Å². The fraction of sp³-hybridized carbons (Fsp3) is 0.579. The first-order valence-electron chi connectivity index (χ1n) is 25.6. The van der Waals surface area contributed by atoms with E-state index in [1.165, 1.54) is 38.5 Å². The molecule has 3 fully saturated rings. The Kier molecular flexibility index (Phi) is 30.4. The molecule has 18 heteroatoms. The third kappa shape index (κ3) is 22.4. The second-order valence-electron chi connectivity index (χ2n) is 20.5. The number of halogens is 3. The highest BCUT2D eigenvalue weighted by Crippen LogP contribution is 2.49. The molecule has 0 saturated heterocycles. The molecule has 0 spiro atoms. The van der Waals surface area contributed by atoms with Crippen LogP contribution in [0.2, 0.25) is 0 Å². The maximum absolute atomic E-state index is 12.2. The number of carbonyl (C=O) groups excluding carboxylic acids is 6. The number of esters is 6.